The summed E-state index contributed by atoms with van der Waals surface area (Å²) in [5.74, 6) is 2.81. The summed E-state index contributed by atoms with van der Waals surface area (Å²) < 4.78 is 0.911. The number of nitrogens with zero attached hydrogens (tertiary/aromatic N) is 3. The highest BCUT2D eigenvalue weighted by molar-refractivity contribution is 9.10. The zero-order valence-electron chi connectivity index (χ0n) is 11.8. The number of pyridine rings is 1. The minimum atomic E-state index is -0.486. The number of nitriles is 1. The number of rotatable bonds is 2. The summed E-state index contributed by atoms with van der Waals surface area (Å²) in [7, 11) is 0. The summed E-state index contributed by atoms with van der Waals surface area (Å²) in [4.78, 5) is 6.56. The number of aromatic nitrogens is 1. The van der Waals surface area contributed by atoms with Gasteiger partial charge in [-0.15, -0.1) is 6.42 Å². The first kappa shape index (κ1) is 14.3. The molecule has 3 rings (SSSR count). The second-order valence-corrected chi connectivity index (χ2v) is 6.72. The Hall–Kier alpha value is -1.62. The Morgan fingerprint density at radius 1 is 1.43 bits per heavy atom. The molecule has 0 radical (unpaired) electrons. The van der Waals surface area contributed by atoms with Crippen LogP contribution in [0.25, 0.3) is 0 Å². The van der Waals surface area contributed by atoms with E-state index in [1.54, 1.807) is 6.20 Å². The zero-order valence-corrected chi connectivity index (χ0v) is 13.4. The lowest BCUT2D eigenvalue weighted by Gasteiger charge is -2.44. The molecule has 3 unspecified atom stereocenters. The van der Waals surface area contributed by atoms with Crippen molar-refractivity contribution in [2.75, 3.05) is 0 Å². The van der Waals surface area contributed by atoms with Gasteiger partial charge in [0.1, 0.15) is 0 Å². The standard InChI is InChI=1S/C17H16BrN3/c1-3-12(2)21-15-4-5-16(21)8-17(7-15,11-19)13-6-14(18)10-20-9-13/h1,4-6,9-10,12,15-16H,7-8H2,2H3. The Labute approximate surface area is 133 Å². The second kappa shape index (κ2) is 5.30. The van der Waals surface area contributed by atoms with Gasteiger partial charge in [0, 0.05) is 29.0 Å². The molecule has 1 saturated heterocycles. The molecule has 21 heavy (non-hydrogen) atoms. The molecule has 1 aromatic heterocycles. The Kier molecular flexibility index (Phi) is 3.61. The van der Waals surface area contributed by atoms with Gasteiger partial charge in [-0.1, -0.05) is 18.1 Å². The third-order valence-corrected chi connectivity index (χ3v) is 5.03. The molecule has 4 heteroatoms. The molecule has 0 saturated carbocycles. The van der Waals surface area contributed by atoms with Crippen molar-refractivity contribution in [2.24, 2.45) is 0 Å². The molecule has 2 bridgehead atoms. The fourth-order valence-corrected chi connectivity index (χ4v) is 3.94. The van der Waals surface area contributed by atoms with Gasteiger partial charge >= 0.3 is 0 Å². The van der Waals surface area contributed by atoms with E-state index in [1.807, 2.05) is 19.2 Å². The van der Waals surface area contributed by atoms with E-state index < -0.39 is 5.41 Å². The van der Waals surface area contributed by atoms with Gasteiger partial charge in [-0.3, -0.25) is 9.88 Å². The van der Waals surface area contributed by atoms with Crippen LogP contribution >= 0.6 is 15.9 Å². The Morgan fingerprint density at radius 2 is 2.10 bits per heavy atom. The average molecular weight is 342 g/mol. The minimum Gasteiger partial charge on any atom is -0.277 e. The lowest BCUT2D eigenvalue weighted by molar-refractivity contribution is 0.102. The van der Waals surface area contributed by atoms with Crippen LogP contribution in [-0.4, -0.2) is 28.0 Å². The van der Waals surface area contributed by atoms with Gasteiger partial charge in [0.05, 0.1) is 17.5 Å². The minimum absolute atomic E-state index is 0.0901. The fourth-order valence-electron chi connectivity index (χ4n) is 3.57. The van der Waals surface area contributed by atoms with E-state index in [0.29, 0.717) is 0 Å². The van der Waals surface area contributed by atoms with Crippen molar-refractivity contribution in [1.82, 2.24) is 9.88 Å². The molecule has 1 fully saturated rings. The Bertz CT molecular complexity index is 651. The molecule has 0 aromatic carbocycles. The summed E-state index contributed by atoms with van der Waals surface area (Å²) in [5, 5.41) is 9.85. The third kappa shape index (κ3) is 2.29. The molecule has 3 nitrogen and oxygen atoms in total. The number of halogens is 1. The maximum Gasteiger partial charge on any atom is 0.0873 e. The van der Waals surface area contributed by atoms with Crippen LogP contribution in [0.15, 0.2) is 35.1 Å². The number of hydrogen-bond acceptors (Lipinski definition) is 3. The van der Waals surface area contributed by atoms with E-state index >= 15 is 0 Å². The maximum absolute atomic E-state index is 9.85. The first-order valence-electron chi connectivity index (χ1n) is 7.04. The highest BCUT2D eigenvalue weighted by Gasteiger charge is 2.48. The molecule has 0 amide bonds. The number of terminal acetylenes is 1. The summed E-state index contributed by atoms with van der Waals surface area (Å²) in [6, 6.07) is 5.12. The van der Waals surface area contributed by atoms with Crippen LogP contribution in [0.5, 0.6) is 0 Å². The van der Waals surface area contributed by atoms with Gasteiger partial charge in [-0.05, 0) is 47.3 Å². The largest absolute Gasteiger partial charge is 0.277 e. The van der Waals surface area contributed by atoms with E-state index in [0.717, 1.165) is 22.9 Å². The summed E-state index contributed by atoms with van der Waals surface area (Å²) >= 11 is 3.45. The smallest absolute Gasteiger partial charge is 0.0873 e. The van der Waals surface area contributed by atoms with E-state index in [-0.39, 0.29) is 18.1 Å². The van der Waals surface area contributed by atoms with Crippen molar-refractivity contribution in [3.05, 3.63) is 40.6 Å². The summed E-state index contributed by atoms with van der Waals surface area (Å²) in [5.41, 5.74) is 0.506. The molecular weight excluding hydrogens is 326 g/mol. The van der Waals surface area contributed by atoms with Gasteiger partial charge in [-0.2, -0.15) is 5.26 Å². The van der Waals surface area contributed by atoms with Gasteiger partial charge in [0.25, 0.3) is 0 Å². The van der Waals surface area contributed by atoms with Gasteiger partial charge in [-0.25, -0.2) is 0 Å². The van der Waals surface area contributed by atoms with Crippen LogP contribution in [0.1, 0.15) is 25.3 Å². The first-order valence-corrected chi connectivity index (χ1v) is 7.83. The zero-order chi connectivity index (χ0) is 15.0. The molecule has 1 aromatic rings. The van der Waals surface area contributed by atoms with E-state index in [2.05, 4.69) is 50.0 Å². The van der Waals surface area contributed by atoms with Gasteiger partial charge in [0.2, 0.25) is 0 Å². The monoisotopic (exact) mass is 341 g/mol. The van der Waals surface area contributed by atoms with Crippen molar-refractivity contribution in [3.63, 3.8) is 0 Å². The maximum atomic E-state index is 9.85. The quantitative estimate of drug-likeness (QED) is 0.613. The molecular formula is C17H16BrN3. The lowest BCUT2D eigenvalue weighted by atomic mass is 9.71. The molecule has 0 N–H and O–H groups in total. The fraction of sp³-hybridized carbons (Fsp3) is 0.412. The Morgan fingerprint density at radius 3 is 2.62 bits per heavy atom. The second-order valence-electron chi connectivity index (χ2n) is 5.80. The lowest BCUT2D eigenvalue weighted by Crippen LogP contribution is -2.52. The topological polar surface area (TPSA) is 39.9 Å². The van der Waals surface area contributed by atoms with Crippen molar-refractivity contribution in [2.45, 2.75) is 43.3 Å². The number of piperidine rings is 1. The molecule has 3 atom stereocenters. The van der Waals surface area contributed by atoms with Crippen LogP contribution in [0.4, 0.5) is 0 Å². The van der Waals surface area contributed by atoms with Crippen LogP contribution in [0.3, 0.4) is 0 Å². The molecule has 0 spiro atoms. The highest BCUT2D eigenvalue weighted by atomic mass is 79.9. The van der Waals surface area contributed by atoms with Crippen molar-refractivity contribution in [1.29, 1.82) is 5.26 Å². The van der Waals surface area contributed by atoms with E-state index in [1.165, 1.54) is 0 Å². The molecule has 2 aliphatic heterocycles. The van der Waals surface area contributed by atoms with Crippen LogP contribution in [-0.2, 0) is 5.41 Å². The van der Waals surface area contributed by atoms with Crippen molar-refractivity contribution < 1.29 is 0 Å². The normalized spacial score (nSPS) is 32.4. The Balaban J connectivity index is 1.96. The van der Waals surface area contributed by atoms with Crippen LogP contribution < -0.4 is 0 Å². The van der Waals surface area contributed by atoms with E-state index in [4.69, 9.17) is 6.42 Å². The summed E-state index contributed by atoms with van der Waals surface area (Å²) in [6.45, 7) is 2.05. The molecule has 2 aliphatic rings. The molecule has 0 aliphatic carbocycles. The van der Waals surface area contributed by atoms with Gasteiger partial charge in [0.15, 0.2) is 0 Å². The van der Waals surface area contributed by atoms with Crippen molar-refractivity contribution >= 4 is 15.9 Å². The summed E-state index contributed by atoms with van der Waals surface area (Å²) in [6.07, 6.45) is 15.1. The first-order chi connectivity index (χ1) is 10.1. The highest BCUT2D eigenvalue weighted by Crippen LogP contribution is 2.45. The predicted molar refractivity (Wildman–Crippen MR) is 85.3 cm³/mol. The third-order valence-electron chi connectivity index (χ3n) is 4.60. The van der Waals surface area contributed by atoms with E-state index in [9.17, 15) is 5.26 Å². The SMILES string of the molecule is C#CC(C)N1C2C=CC1CC(C#N)(c1cncc(Br)c1)C2. The predicted octanol–water partition coefficient (Wildman–Crippen LogP) is 3.03. The molecule has 3 heterocycles. The number of fused-ring (bicyclic) bond motifs is 2. The number of hydrogen-bond donors (Lipinski definition) is 0. The van der Waals surface area contributed by atoms with Crippen molar-refractivity contribution in [3.8, 4) is 18.4 Å². The van der Waals surface area contributed by atoms with Crippen LogP contribution in [0, 0.1) is 23.7 Å². The van der Waals surface area contributed by atoms with Gasteiger partial charge < -0.3 is 0 Å². The van der Waals surface area contributed by atoms with Crippen LogP contribution in [0.2, 0.25) is 0 Å². The molecule has 106 valence electrons. The average Bonchev–Trinajstić information content (AvgIpc) is 2.77.